The molecule has 0 radical (unpaired) electrons. The largest absolute Gasteiger partial charge is 0.447 e. The number of H-pyrrole nitrogens is 2. The number of aromatic nitrogens is 4. The number of rotatable bonds is 3. The molecule has 1 saturated carbocycles. The number of aromatic amines is 2. The summed E-state index contributed by atoms with van der Waals surface area (Å²) < 4.78 is 5.46. The van der Waals surface area contributed by atoms with E-state index in [1.807, 2.05) is 4.90 Å². The lowest BCUT2D eigenvalue weighted by Crippen LogP contribution is -2.39. The van der Waals surface area contributed by atoms with Crippen molar-refractivity contribution in [2.75, 3.05) is 13.1 Å². The molecule has 0 bridgehead atoms. The van der Waals surface area contributed by atoms with Crippen LogP contribution in [0.25, 0.3) is 0 Å². The molecule has 2 aromatic heterocycles. The predicted molar refractivity (Wildman–Crippen MR) is 80.2 cm³/mol. The number of carbonyl (C=O) groups excluding carboxylic acids is 1. The van der Waals surface area contributed by atoms with Crippen molar-refractivity contribution in [3.05, 3.63) is 34.2 Å². The van der Waals surface area contributed by atoms with Crippen LogP contribution in [0.2, 0.25) is 0 Å². The zero-order valence-corrected chi connectivity index (χ0v) is 12.7. The van der Waals surface area contributed by atoms with Crippen molar-refractivity contribution in [3.8, 4) is 0 Å². The number of carbonyl (C=O) groups is 1. The molecule has 1 aliphatic heterocycles. The fourth-order valence-corrected chi connectivity index (χ4v) is 3.36. The van der Waals surface area contributed by atoms with Gasteiger partial charge in [-0.15, -0.1) is 0 Å². The molecule has 2 N–H and O–H groups in total. The fraction of sp³-hybridized carbons (Fsp3) is 0.600. The number of likely N-dealkylation sites (tertiary alicyclic amines) is 1. The second kappa shape index (κ2) is 5.68. The molecule has 122 valence electrons. The quantitative estimate of drug-likeness (QED) is 0.889. The summed E-state index contributed by atoms with van der Waals surface area (Å²) in [6.07, 6.45) is 6.27. The van der Waals surface area contributed by atoms with E-state index in [-0.39, 0.29) is 17.5 Å². The van der Waals surface area contributed by atoms with E-state index in [2.05, 4.69) is 20.2 Å². The van der Waals surface area contributed by atoms with E-state index in [0.717, 1.165) is 31.4 Å². The van der Waals surface area contributed by atoms with Gasteiger partial charge in [0.25, 0.3) is 5.91 Å². The van der Waals surface area contributed by atoms with Crippen LogP contribution >= 0.6 is 0 Å². The van der Waals surface area contributed by atoms with Crippen LogP contribution < -0.4 is 5.69 Å². The number of hydrogen-bond donors (Lipinski definition) is 2. The SMILES string of the molecule is O=C(c1ncoc1C1CCC1)N1CCC(c2n[nH]c(=O)[nH]2)CC1. The summed E-state index contributed by atoms with van der Waals surface area (Å²) in [4.78, 5) is 32.5. The molecule has 0 spiro atoms. The van der Waals surface area contributed by atoms with Crippen LogP contribution in [0, 0.1) is 0 Å². The third-order valence-electron chi connectivity index (χ3n) is 4.96. The second-order valence-corrected chi connectivity index (χ2v) is 6.32. The van der Waals surface area contributed by atoms with Crippen LogP contribution in [0.1, 0.15) is 66.0 Å². The number of nitrogens with one attached hydrogen (secondary N) is 2. The molecule has 8 nitrogen and oxygen atoms in total. The van der Waals surface area contributed by atoms with Crippen molar-refractivity contribution in [2.24, 2.45) is 0 Å². The van der Waals surface area contributed by atoms with Gasteiger partial charge >= 0.3 is 5.69 Å². The Labute approximate surface area is 132 Å². The average molecular weight is 317 g/mol. The van der Waals surface area contributed by atoms with Gasteiger partial charge in [-0.25, -0.2) is 14.9 Å². The highest BCUT2D eigenvalue weighted by atomic mass is 16.3. The summed E-state index contributed by atoms with van der Waals surface area (Å²) in [5.74, 6) is 1.91. The first-order valence-corrected chi connectivity index (χ1v) is 8.09. The molecule has 0 atom stereocenters. The summed E-state index contributed by atoms with van der Waals surface area (Å²) in [5.41, 5.74) is 0.188. The zero-order chi connectivity index (χ0) is 15.8. The molecule has 2 fully saturated rings. The molecule has 1 saturated heterocycles. The van der Waals surface area contributed by atoms with Crippen molar-refractivity contribution >= 4 is 5.91 Å². The Morgan fingerprint density at radius 3 is 2.61 bits per heavy atom. The van der Waals surface area contributed by atoms with E-state index in [4.69, 9.17) is 4.42 Å². The van der Waals surface area contributed by atoms with Crippen LogP contribution in [-0.4, -0.2) is 44.1 Å². The van der Waals surface area contributed by atoms with E-state index in [0.29, 0.717) is 30.5 Å². The monoisotopic (exact) mass is 317 g/mol. The van der Waals surface area contributed by atoms with Gasteiger partial charge in [-0.1, -0.05) is 6.42 Å². The highest BCUT2D eigenvalue weighted by Crippen LogP contribution is 2.38. The van der Waals surface area contributed by atoms with Crippen molar-refractivity contribution in [1.29, 1.82) is 0 Å². The molecule has 3 heterocycles. The molecule has 2 aliphatic rings. The lowest BCUT2D eigenvalue weighted by Gasteiger charge is -2.31. The van der Waals surface area contributed by atoms with E-state index < -0.39 is 0 Å². The van der Waals surface area contributed by atoms with Crippen molar-refractivity contribution in [3.63, 3.8) is 0 Å². The van der Waals surface area contributed by atoms with Crippen LogP contribution in [0.3, 0.4) is 0 Å². The van der Waals surface area contributed by atoms with Gasteiger partial charge in [0, 0.05) is 24.9 Å². The maximum Gasteiger partial charge on any atom is 0.340 e. The third-order valence-corrected chi connectivity index (χ3v) is 4.96. The van der Waals surface area contributed by atoms with Crippen LogP contribution in [-0.2, 0) is 0 Å². The first-order valence-electron chi connectivity index (χ1n) is 8.09. The maximum atomic E-state index is 12.7. The Morgan fingerprint density at radius 2 is 2.00 bits per heavy atom. The third kappa shape index (κ3) is 2.58. The summed E-state index contributed by atoms with van der Waals surface area (Å²) in [7, 11) is 0. The minimum atomic E-state index is -0.286. The number of hydrogen-bond acceptors (Lipinski definition) is 5. The Kier molecular flexibility index (Phi) is 3.51. The van der Waals surface area contributed by atoms with Gasteiger partial charge in [0.1, 0.15) is 11.6 Å². The molecule has 23 heavy (non-hydrogen) atoms. The van der Waals surface area contributed by atoms with E-state index in [9.17, 15) is 9.59 Å². The maximum absolute atomic E-state index is 12.7. The van der Waals surface area contributed by atoms with E-state index in [1.165, 1.54) is 12.8 Å². The van der Waals surface area contributed by atoms with Gasteiger partial charge in [0.15, 0.2) is 12.1 Å². The van der Waals surface area contributed by atoms with Gasteiger partial charge in [-0.05, 0) is 25.7 Å². The molecule has 4 rings (SSSR count). The number of piperidine rings is 1. The zero-order valence-electron chi connectivity index (χ0n) is 12.7. The standard InChI is InChI=1S/C15H19N5O3/c21-14(11-12(23-8-16-11)9-2-1-3-9)20-6-4-10(5-7-20)13-17-15(22)19-18-13/h8-10H,1-7H2,(H2,17,18,19,22). The fourth-order valence-electron chi connectivity index (χ4n) is 3.36. The van der Waals surface area contributed by atoms with Gasteiger partial charge in [-0.3, -0.25) is 9.78 Å². The highest BCUT2D eigenvalue weighted by Gasteiger charge is 2.33. The van der Waals surface area contributed by atoms with Crippen LogP contribution in [0.15, 0.2) is 15.6 Å². The molecule has 0 aromatic carbocycles. The topological polar surface area (TPSA) is 108 Å². The summed E-state index contributed by atoms with van der Waals surface area (Å²) >= 11 is 0. The Morgan fingerprint density at radius 1 is 1.22 bits per heavy atom. The number of amides is 1. The minimum absolute atomic E-state index is 0.0466. The number of oxazole rings is 1. The van der Waals surface area contributed by atoms with Crippen molar-refractivity contribution in [2.45, 2.75) is 43.9 Å². The highest BCUT2D eigenvalue weighted by molar-refractivity contribution is 5.93. The first-order chi connectivity index (χ1) is 11.2. The van der Waals surface area contributed by atoms with Gasteiger partial charge < -0.3 is 9.32 Å². The lowest BCUT2D eigenvalue weighted by molar-refractivity contribution is 0.0701. The van der Waals surface area contributed by atoms with Crippen LogP contribution in [0.5, 0.6) is 0 Å². The normalized spacial score (nSPS) is 19.7. The molecule has 2 aromatic rings. The molecule has 0 unspecified atom stereocenters. The summed E-state index contributed by atoms with van der Waals surface area (Å²) in [6, 6.07) is 0. The number of nitrogens with zero attached hydrogens (tertiary/aromatic N) is 3. The lowest BCUT2D eigenvalue weighted by atomic mass is 9.82. The Hall–Kier alpha value is -2.38. The molecule has 1 aliphatic carbocycles. The minimum Gasteiger partial charge on any atom is -0.447 e. The average Bonchev–Trinajstić information content (AvgIpc) is 3.14. The smallest absolute Gasteiger partial charge is 0.340 e. The first kappa shape index (κ1) is 14.2. The summed E-state index contributed by atoms with van der Waals surface area (Å²) in [6.45, 7) is 1.27. The molecular weight excluding hydrogens is 298 g/mol. The van der Waals surface area contributed by atoms with Crippen molar-refractivity contribution in [1.82, 2.24) is 25.1 Å². The molecule has 8 heteroatoms. The van der Waals surface area contributed by atoms with E-state index >= 15 is 0 Å². The van der Waals surface area contributed by atoms with Gasteiger partial charge in [-0.2, -0.15) is 5.10 Å². The Balaban J connectivity index is 1.43. The molecular formula is C15H19N5O3. The van der Waals surface area contributed by atoms with Gasteiger partial charge in [0.05, 0.1) is 0 Å². The van der Waals surface area contributed by atoms with Gasteiger partial charge in [0.2, 0.25) is 0 Å². The summed E-state index contributed by atoms with van der Waals surface area (Å²) in [5, 5.41) is 6.38. The van der Waals surface area contributed by atoms with E-state index in [1.54, 1.807) is 0 Å². The predicted octanol–water partition coefficient (Wildman–Crippen LogP) is 1.37. The Bertz CT molecular complexity index is 749. The van der Waals surface area contributed by atoms with Crippen LogP contribution in [0.4, 0.5) is 0 Å². The second-order valence-electron chi connectivity index (χ2n) is 6.32. The van der Waals surface area contributed by atoms with Crippen molar-refractivity contribution < 1.29 is 9.21 Å². The molecule has 1 amide bonds.